The van der Waals surface area contributed by atoms with E-state index in [1.165, 1.54) is 22.0 Å². The Morgan fingerprint density at radius 3 is 2.89 bits per heavy atom. The number of thiazole rings is 1. The van der Waals surface area contributed by atoms with Gasteiger partial charge in [0.2, 0.25) is 0 Å². The second-order valence-electron chi connectivity index (χ2n) is 4.14. The zero-order chi connectivity index (χ0) is 13.6. The van der Waals surface area contributed by atoms with Crippen molar-refractivity contribution in [3.8, 4) is 0 Å². The molecular formula is C12H9F2N3S2. The van der Waals surface area contributed by atoms with Crippen LogP contribution in [0.2, 0.25) is 0 Å². The molecule has 0 radical (unpaired) electrons. The summed E-state index contributed by atoms with van der Waals surface area (Å²) in [5, 5.41) is 0.804. The Kier molecular flexibility index (Phi) is 2.94. The summed E-state index contributed by atoms with van der Waals surface area (Å²) in [5.41, 5.74) is 0.634. The van der Waals surface area contributed by atoms with E-state index in [1.807, 2.05) is 6.92 Å². The van der Waals surface area contributed by atoms with Crippen LogP contribution in [0.25, 0.3) is 11.0 Å². The minimum Gasteiger partial charge on any atom is -0.330 e. The van der Waals surface area contributed by atoms with Crippen molar-refractivity contribution >= 4 is 34.6 Å². The average Bonchev–Trinajstić information content (AvgIpc) is 2.90. The van der Waals surface area contributed by atoms with E-state index < -0.39 is 11.6 Å². The van der Waals surface area contributed by atoms with Crippen molar-refractivity contribution in [2.45, 2.75) is 13.5 Å². The van der Waals surface area contributed by atoms with Crippen molar-refractivity contribution in [3.05, 3.63) is 44.6 Å². The van der Waals surface area contributed by atoms with Crippen molar-refractivity contribution in [3.63, 3.8) is 0 Å². The number of halogens is 2. The standard InChI is InChI=1S/C12H9F2N3S2/c1-6-4-15-9(19-6)5-17-11-8(16-12(17)18)3-2-7(13)10(11)14/h2-4H,5H2,1H3,(H,16,18). The summed E-state index contributed by atoms with van der Waals surface area (Å²) in [4.78, 5) is 8.15. The number of aromatic amines is 1. The van der Waals surface area contributed by atoms with Gasteiger partial charge in [-0.05, 0) is 31.3 Å². The molecule has 1 aromatic carbocycles. The Balaban J connectivity index is 2.20. The summed E-state index contributed by atoms with van der Waals surface area (Å²) in [7, 11) is 0. The van der Waals surface area contributed by atoms with Crippen LogP contribution in [0.1, 0.15) is 9.88 Å². The molecule has 3 aromatic rings. The highest BCUT2D eigenvalue weighted by Crippen LogP contribution is 2.22. The maximum absolute atomic E-state index is 13.9. The molecule has 0 fully saturated rings. The monoisotopic (exact) mass is 297 g/mol. The van der Waals surface area contributed by atoms with Gasteiger partial charge in [-0.15, -0.1) is 11.3 Å². The van der Waals surface area contributed by atoms with E-state index in [9.17, 15) is 8.78 Å². The van der Waals surface area contributed by atoms with Gasteiger partial charge in [0.05, 0.1) is 12.1 Å². The maximum atomic E-state index is 13.9. The largest absolute Gasteiger partial charge is 0.330 e. The summed E-state index contributed by atoms with van der Waals surface area (Å²) in [6, 6.07) is 2.56. The van der Waals surface area contributed by atoms with Crippen LogP contribution in [-0.4, -0.2) is 14.5 Å². The van der Waals surface area contributed by atoms with E-state index >= 15 is 0 Å². The molecule has 3 rings (SSSR count). The van der Waals surface area contributed by atoms with E-state index in [2.05, 4.69) is 9.97 Å². The van der Waals surface area contributed by atoms with Crippen LogP contribution in [-0.2, 0) is 6.54 Å². The molecule has 19 heavy (non-hydrogen) atoms. The highest BCUT2D eigenvalue weighted by Gasteiger charge is 2.14. The lowest BCUT2D eigenvalue weighted by atomic mass is 10.3. The lowest BCUT2D eigenvalue weighted by Gasteiger charge is -2.03. The third-order valence-corrected chi connectivity index (χ3v) is 4.01. The van der Waals surface area contributed by atoms with Crippen LogP contribution in [0.4, 0.5) is 8.78 Å². The van der Waals surface area contributed by atoms with Crippen molar-refractivity contribution in [2.24, 2.45) is 0 Å². The maximum Gasteiger partial charge on any atom is 0.184 e. The number of hydrogen-bond acceptors (Lipinski definition) is 3. The second-order valence-corrected chi connectivity index (χ2v) is 5.84. The Bertz CT molecular complexity index is 816. The molecule has 7 heteroatoms. The van der Waals surface area contributed by atoms with Gasteiger partial charge in [-0.3, -0.25) is 0 Å². The Labute approximate surface area is 116 Å². The first-order chi connectivity index (χ1) is 9.06. The molecule has 98 valence electrons. The van der Waals surface area contributed by atoms with Crippen molar-refractivity contribution in [2.75, 3.05) is 0 Å². The zero-order valence-electron chi connectivity index (χ0n) is 9.91. The van der Waals surface area contributed by atoms with Gasteiger partial charge in [-0.1, -0.05) is 0 Å². The topological polar surface area (TPSA) is 33.6 Å². The van der Waals surface area contributed by atoms with Gasteiger partial charge in [0.1, 0.15) is 10.5 Å². The lowest BCUT2D eigenvalue weighted by Crippen LogP contribution is -2.01. The predicted molar refractivity (Wildman–Crippen MR) is 73.0 cm³/mol. The highest BCUT2D eigenvalue weighted by molar-refractivity contribution is 7.71. The molecule has 0 unspecified atom stereocenters. The summed E-state index contributed by atoms with van der Waals surface area (Å²) in [6.45, 7) is 2.27. The zero-order valence-corrected chi connectivity index (χ0v) is 11.5. The van der Waals surface area contributed by atoms with Gasteiger partial charge in [0.25, 0.3) is 0 Å². The number of nitrogens with one attached hydrogen (secondary N) is 1. The molecular weight excluding hydrogens is 288 g/mol. The van der Waals surface area contributed by atoms with Gasteiger partial charge < -0.3 is 9.55 Å². The van der Waals surface area contributed by atoms with E-state index in [-0.39, 0.29) is 5.52 Å². The van der Waals surface area contributed by atoms with E-state index in [1.54, 1.807) is 6.20 Å². The number of nitrogens with zero attached hydrogens (tertiary/aromatic N) is 2. The molecule has 0 aliphatic rings. The van der Waals surface area contributed by atoms with E-state index in [0.717, 1.165) is 16.0 Å². The molecule has 1 N–H and O–H groups in total. The van der Waals surface area contributed by atoms with Gasteiger partial charge in [0.15, 0.2) is 16.4 Å². The van der Waals surface area contributed by atoms with E-state index in [0.29, 0.717) is 16.8 Å². The first-order valence-electron chi connectivity index (χ1n) is 5.54. The van der Waals surface area contributed by atoms with Crippen LogP contribution in [0, 0.1) is 23.3 Å². The molecule has 2 heterocycles. The first-order valence-corrected chi connectivity index (χ1v) is 6.76. The van der Waals surface area contributed by atoms with Crippen molar-refractivity contribution in [1.82, 2.24) is 14.5 Å². The van der Waals surface area contributed by atoms with Crippen LogP contribution in [0.3, 0.4) is 0 Å². The number of fused-ring (bicyclic) bond motifs is 1. The quantitative estimate of drug-likeness (QED) is 0.730. The van der Waals surface area contributed by atoms with Crippen molar-refractivity contribution in [1.29, 1.82) is 0 Å². The molecule has 0 saturated carbocycles. The fraction of sp³-hybridized carbons (Fsp3) is 0.167. The summed E-state index contributed by atoms with van der Waals surface area (Å²) >= 11 is 6.66. The van der Waals surface area contributed by atoms with Gasteiger partial charge in [-0.2, -0.15) is 0 Å². The number of H-pyrrole nitrogens is 1. The summed E-state index contributed by atoms with van der Waals surface area (Å²) in [6.07, 6.45) is 1.75. The number of hydrogen-bond donors (Lipinski definition) is 1. The average molecular weight is 297 g/mol. The normalized spacial score (nSPS) is 11.3. The predicted octanol–water partition coefficient (Wildman–Crippen LogP) is 3.79. The number of benzene rings is 1. The lowest BCUT2D eigenvalue weighted by molar-refractivity contribution is 0.512. The molecule has 0 saturated heterocycles. The van der Waals surface area contributed by atoms with E-state index in [4.69, 9.17) is 12.2 Å². The summed E-state index contributed by atoms with van der Waals surface area (Å²) < 4.78 is 29.1. The van der Waals surface area contributed by atoms with Gasteiger partial charge in [0, 0.05) is 11.1 Å². The third kappa shape index (κ3) is 2.08. The molecule has 0 atom stereocenters. The minimum atomic E-state index is -0.891. The fourth-order valence-electron chi connectivity index (χ4n) is 1.95. The fourth-order valence-corrected chi connectivity index (χ4v) is 2.99. The number of rotatable bonds is 2. The SMILES string of the molecule is Cc1cnc(Cn2c(=S)[nH]c3ccc(F)c(F)c32)s1. The number of aryl methyl sites for hydroxylation is 1. The Morgan fingerprint density at radius 1 is 1.42 bits per heavy atom. The molecule has 0 aliphatic heterocycles. The molecule has 0 bridgehead atoms. The molecule has 0 amide bonds. The Hall–Kier alpha value is -1.60. The van der Waals surface area contributed by atoms with Crippen LogP contribution in [0.5, 0.6) is 0 Å². The van der Waals surface area contributed by atoms with Crippen LogP contribution < -0.4 is 0 Å². The van der Waals surface area contributed by atoms with Gasteiger partial charge in [-0.25, -0.2) is 13.8 Å². The third-order valence-electron chi connectivity index (χ3n) is 2.79. The van der Waals surface area contributed by atoms with Crippen molar-refractivity contribution < 1.29 is 8.78 Å². The van der Waals surface area contributed by atoms with Gasteiger partial charge >= 0.3 is 0 Å². The smallest absolute Gasteiger partial charge is 0.184 e. The molecule has 2 aromatic heterocycles. The first kappa shape index (κ1) is 12.4. The highest BCUT2D eigenvalue weighted by atomic mass is 32.1. The van der Waals surface area contributed by atoms with Crippen LogP contribution in [0.15, 0.2) is 18.3 Å². The molecule has 3 nitrogen and oxygen atoms in total. The second kappa shape index (κ2) is 4.50. The Morgan fingerprint density at radius 2 is 2.21 bits per heavy atom. The minimum absolute atomic E-state index is 0.151. The van der Waals surface area contributed by atoms with Crippen LogP contribution >= 0.6 is 23.6 Å². The molecule has 0 aliphatic carbocycles. The molecule has 0 spiro atoms. The number of imidazole rings is 1. The summed E-state index contributed by atoms with van der Waals surface area (Å²) in [5.74, 6) is -1.77. The number of aromatic nitrogens is 3.